The lowest BCUT2D eigenvalue weighted by Gasteiger charge is -2.34. The molecule has 1 aliphatic rings. The molecule has 0 radical (unpaired) electrons. The van der Waals surface area contributed by atoms with Gasteiger partial charge in [0, 0.05) is 5.25 Å². The molecule has 0 bridgehead atoms. The van der Waals surface area contributed by atoms with Gasteiger partial charge in [-0.25, -0.2) is 0 Å². The Labute approximate surface area is 87.3 Å². The minimum Gasteiger partial charge on any atom is -0.179 e. The molecule has 0 aliphatic heterocycles. The summed E-state index contributed by atoms with van der Waals surface area (Å²) in [5, 5.41) is 0.631. The molecule has 0 aromatic rings. The van der Waals surface area contributed by atoms with E-state index in [4.69, 9.17) is 0 Å². The van der Waals surface area contributed by atoms with Crippen LogP contribution >= 0.6 is 25.3 Å². The molecule has 2 heteroatoms. The first-order chi connectivity index (χ1) is 5.65. The highest BCUT2D eigenvalue weighted by Gasteiger charge is 2.27. The number of thiol groups is 2. The maximum atomic E-state index is 4.62. The van der Waals surface area contributed by atoms with Crippen LogP contribution in [0.2, 0.25) is 0 Å². The normalized spacial score (nSPS) is 39.5. The van der Waals surface area contributed by atoms with E-state index in [2.05, 4.69) is 39.1 Å². The van der Waals surface area contributed by atoms with E-state index in [9.17, 15) is 0 Å². The van der Waals surface area contributed by atoms with Crippen LogP contribution in [0.15, 0.2) is 0 Å². The third-order valence-electron chi connectivity index (χ3n) is 3.29. The van der Waals surface area contributed by atoms with Crippen molar-refractivity contribution < 1.29 is 0 Å². The molecule has 0 saturated heterocycles. The second kappa shape index (κ2) is 4.80. The molecule has 0 N–H and O–H groups in total. The molecule has 12 heavy (non-hydrogen) atoms. The molecule has 72 valence electrons. The van der Waals surface area contributed by atoms with Crippen LogP contribution in [0, 0.1) is 17.8 Å². The van der Waals surface area contributed by atoms with Crippen molar-refractivity contribution in [3.8, 4) is 0 Å². The Morgan fingerprint density at radius 2 is 2.08 bits per heavy atom. The summed E-state index contributed by atoms with van der Waals surface area (Å²) in [6, 6.07) is 0. The lowest BCUT2D eigenvalue weighted by atomic mass is 9.77. The fourth-order valence-corrected chi connectivity index (χ4v) is 2.71. The smallest absolute Gasteiger partial charge is 0.00451 e. The van der Waals surface area contributed by atoms with E-state index < -0.39 is 0 Å². The van der Waals surface area contributed by atoms with E-state index in [1.165, 1.54) is 19.3 Å². The lowest BCUT2D eigenvalue weighted by Crippen LogP contribution is -2.27. The Morgan fingerprint density at radius 3 is 2.58 bits per heavy atom. The van der Waals surface area contributed by atoms with Gasteiger partial charge in [0.25, 0.3) is 0 Å². The second-order valence-corrected chi connectivity index (χ2v) is 5.31. The largest absolute Gasteiger partial charge is 0.179 e. The van der Waals surface area contributed by atoms with Gasteiger partial charge in [-0.2, -0.15) is 25.3 Å². The zero-order valence-electron chi connectivity index (χ0n) is 8.03. The lowest BCUT2D eigenvalue weighted by molar-refractivity contribution is 0.246. The maximum Gasteiger partial charge on any atom is 0.00451 e. The molecular weight excluding hydrogens is 184 g/mol. The summed E-state index contributed by atoms with van der Waals surface area (Å²) in [4.78, 5) is 0. The Morgan fingerprint density at radius 1 is 1.42 bits per heavy atom. The van der Waals surface area contributed by atoms with Crippen molar-refractivity contribution in [2.24, 2.45) is 17.8 Å². The van der Waals surface area contributed by atoms with Gasteiger partial charge in [0.05, 0.1) is 0 Å². The van der Waals surface area contributed by atoms with Gasteiger partial charge in [0.15, 0.2) is 0 Å². The number of hydrogen-bond acceptors (Lipinski definition) is 2. The number of rotatable bonds is 2. The van der Waals surface area contributed by atoms with Crippen molar-refractivity contribution in [2.75, 3.05) is 5.75 Å². The van der Waals surface area contributed by atoms with Gasteiger partial charge in [0.2, 0.25) is 0 Å². The summed E-state index contributed by atoms with van der Waals surface area (Å²) < 4.78 is 0. The van der Waals surface area contributed by atoms with Crippen LogP contribution in [-0.2, 0) is 0 Å². The predicted octanol–water partition coefficient (Wildman–Crippen LogP) is 3.29. The van der Waals surface area contributed by atoms with Crippen molar-refractivity contribution in [2.45, 2.75) is 38.4 Å². The minimum atomic E-state index is 0.631. The van der Waals surface area contributed by atoms with Crippen LogP contribution in [0.25, 0.3) is 0 Å². The highest BCUT2D eigenvalue weighted by Crippen LogP contribution is 2.36. The van der Waals surface area contributed by atoms with Gasteiger partial charge in [-0.1, -0.05) is 13.8 Å². The van der Waals surface area contributed by atoms with Crippen molar-refractivity contribution in [3.05, 3.63) is 0 Å². The molecule has 1 aliphatic carbocycles. The summed E-state index contributed by atoms with van der Waals surface area (Å²) in [6.07, 6.45) is 4.04. The first-order valence-corrected chi connectivity index (χ1v) is 6.09. The first kappa shape index (κ1) is 10.8. The highest BCUT2D eigenvalue weighted by atomic mass is 32.1. The molecule has 0 aromatic carbocycles. The third kappa shape index (κ3) is 2.59. The second-order valence-electron chi connectivity index (χ2n) is 4.28. The molecule has 0 heterocycles. The minimum absolute atomic E-state index is 0.631. The molecular formula is C10H20S2. The van der Waals surface area contributed by atoms with E-state index in [1.54, 1.807) is 0 Å². The van der Waals surface area contributed by atoms with Crippen LogP contribution in [0.5, 0.6) is 0 Å². The fraction of sp³-hybridized carbons (Fsp3) is 1.00. The molecule has 1 fully saturated rings. The standard InChI is InChI=1S/C10H20S2/c1-7-3-4-9(5-10(7)12)8(2)6-11/h7-12H,3-6H2,1-2H3/t7-,8+,9+,10+/m1/s1. The quantitative estimate of drug-likeness (QED) is 0.634. The first-order valence-electron chi connectivity index (χ1n) is 4.94. The van der Waals surface area contributed by atoms with Crippen LogP contribution in [-0.4, -0.2) is 11.0 Å². The molecule has 0 amide bonds. The molecule has 0 unspecified atom stereocenters. The molecule has 0 spiro atoms. The number of hydrogen-bond donors (Lipinski definition) is 2. The average Bonchev–Trinajstić information content (AvgIpc) is 2.08. The van der Waals surface area contributed by atoms with Crippen molar-refractivity contribution >= 4 is 25.3 Å². The maximum absolute atomic E-state index is 4.62. The molecule has 4 atom stereocenters. The van der Waals surface area contributed by atoms with E-state index in [0.717, 1.165) is 23.5 Å². The Bertz CT molecular complexity index is 136. The summed E-state index contributed by atoms with van der Waals surface area (Å²) in [5.74, 6) is 3.49. The van der Waals surface area contributed by atoms with Gasteiger partial charge < -0.3 is 0 Å². The monoisotopic (exact) mass is 204 g/mol. The van der Waals surface area contributed by atoms with Gasteiger partial charge in [0.1, 0.15) is 0 Å². The van der Waals surface area contributed by atoms with Crippen LogP contribution in [0.4, 0.5) is 0 Å². The van der Waals surface area contributed by atoms with Crippen LogP contribution in [0.3, 0.4) is 0 Å². The van der Waals surface area contributed by atoms with Gasteiger partial charge in [-0.05, 0) is 42.8 Å². The third-order valence-corrected chi connectivity index (χ3v) is 4.58. The van der Waals surface area contributed by atoms with E-state index in [0.29, 0.717) is 5.25 Å². The van der Waals surface area contributed by atoms with Gasteiger partial charge in [-0.15, -0.1) is 0 Å². The van der Waals surface area contributed by atoms with Gasteiger partial charge in [-0.3, -0.25) is 0 Å². The zero-order chi connectivity index (χ0) is 9.14. The Hall–Kier alpha value is 0.700. The summed E-state index contributed by atoms with van der Waals surface area (Å²) in [7, 11) is 0. The molecule has 0 aromatic heterocycles. The van der Waals surface area contributed by atoms with Crippen molar-refractivity contribution in [1.29, 1.82) is 0 Å². The SMILES string of the molecule is C[C@@H]1CC[C@H]([C@@H](C)CS)C[C@@H]1S. The van der Waals surface area contributed by atoms with Crippen molar-refractivity contribution in [3.63, 3.8) is 0 Å². The van der Waals surface area contributed by atoms with Crippen molar-refractivity contribution in [1.82, 2.24) is 0 Å². The Balaban J connectivity index is 2.39. The Kier molecular flexibility index (Phi) is 4.31. The summed E-state index contributed by atoms with van der Waals surface area (Å²) >= 11 is 8.98. The van der Waals surface area contributed by atoms with Crippen LogP contribution < -0.4 is 0 Å². The highest BCUT2D eigenvalue weighted by molar-refractivity contribution is 7.81. The topological polar surface area (TPSA) is 0 Å². The van der Waals surface area contributed by atoms with E-state index in [1.807, 2.05) is 0 Å². The predicted molar refractivity (Wildman–Crippen MR) is 62.3 cm³/mol. The van der Waals surface area contributed by atoms with E-state index in [-0.39, 0.29) is 0 Å². The zero-order valence-corrected chi connectivity index (χ0v) is 9.82. The van der Waals surface area contributed by atoms with Gasteiger partial charge >= 0.3 is 0 Å². The molecule has 1 saturated carbocycles. The summed E-state index contributed by atoms with van der Waals surface area (Å²) in [5.41, 5.74) is 0. The van der Waals surface area contributed by atoms with Crippen LogP contribution in [0.1, 0.15) is 33.1 Å². The average molecular weight is 204 g/mol. The molecule has 1 rings (SSSR count). The fourth-order valence-electron chi connectivity index (χ4n) is 2.00. The van der Waals surface area contributed by atoms with E-state index >= 15 is 0 Å². The summed E-state index contributed by atoms with van der Waals surface area (Å²) in [6.45, 7) is 4.63. The molecule has 0 nitrogen and oxygen atoms in total.